The summed E-state index contributed by atoms with van der Waals surface area (Å²) in [5.41, 5.74) is 14.9. The van der Waals surface area contributed by atoms with Crippen molar-refractivity contribution in [1.29, 1.82) is 0 Å². The molecule has 0 radical (unpaired) electrons. The van der Waals surface area contributed by atoms with Crippen molar-refractivity contribution in [2.45, 2.75) is 13.3 Å². The molecule has 118 valence electrons. The molecule has 4 heteroatoms. The van der Waals surface area contributed by atoms with Gasteiger partial charge in [-0.3, -0.25) is 0 Å². The molecular formula is C19H20N2O2. The Kier molecular flexibility index (Phi) is 4.24. The second-order valence-electron chi connectivity index (χ2n) is 5.42. The number of anilines is 2. The van der Waals surface area contributed by atoms with Gasteiger partial charge in [-0.05, 0) is 30.7 Å². The lowest BCUT2D eigenvalue weighted by molar-refractivity contribution is 0.323. The van der Waals surface area contributed by atoms with E-state index in [0.29, 0.717) is 23.7 Å². The summed E-state index contributed by atoms with van der Waals surface area (Å²) >= 11 is 0. The van der Waals surface area contributed by atoms with E-state index in [1.807, 2.05) is 49.4 Å². The molecule has 0 unspecified atom stereocenters. The van der Waals surface area contributed by atoms with Crippen molar-refractivity contribution < 1.29 is 9.15 Å². The average molecular weight is 308 g/mol. The molecule has 0 fully saturated rings. The first kappa shape index (κ1) is 15.0. The zero-order chi connectivity index (χ0) is 16.2. The lowest BCUT2D eigenvalue weighted by Crippen LogP contribution is -2.05. The first-order valence-electron chi connectivity index (χ1n) is 7.56. The highest BCUT2D eigenvalue weighted by atomic mass is 16.5. The third kappa shape index (κ3) is 3.31. The van der Waals surface area contributed by atoms with E-state index in [0.717, 1.165) is 29.1 Å². The SMILES string of the molecule is Cc1oc(-c2ccccc2)cc1CCOc1cccc(N)c1N. The molecule has 1 heterocycles. The van der Waals surface area contributed by atoms with Crippen LogP contribution in [0.3, 0.4) is 0 Å². The van der Waals surface area contributed by atoms with E-state index in [-0.39, 0.29) is 0 Å². The Morgan fingerprint density at radius 2 is 1.78 bits per heavy atom. The highest BCUT2D eigenvalue weighted by Crippen LogP contribution is 2.28. The smallest absolute Gasteiger partial charge is 0.144 e. The highest BCUT2D eigenvalue weighted by molar-refractivity contribution is 5.70. The number of para-hydroxylation sites is 1. The van der Waals surface area contributed by atoms with Crippen LogP contribution in [0.15, 0.2) is 59.0 Å². The molecule has 3 rings (SSSR count). The van der Waals surface area contributed by atoms with Gasteiger partial charge in [0.15, 0.2) is 0 Å². The lowest BCUT2D eigenvalue weighted by Gasteiger charge is -2.09. The number of hydrogen-bond acceptors (Lipinski definition) is 4. The van der Waals surface area contributed by atoms with E-state index in [1.165, 1.54) is 0 Å². The number of hydrogen-bond donors (Lipinski definition) is 2. The minimum absolute atomic E-state index is 0.487. The molecule has 0 atom stereocenters. The average Bonchev–Trinajstić information content (AvgIpc) is 2.93. The topological polar surface area (TPSA) is 74.4 Å². The predicted octanol–water partition coefficient (Wildman–Crippen LogP) is 4.04. The number of benzene rings is 2. The Labute approximate surface area is 135 Å². The third-order valence-electron chi connectivity index (χ3n) is 3.81. The van der Waals surface area contributed by atoms with E-state index < -0.39 is 0 Å². The van der Waals surface area contributed by atoms with Crippen molar-refractivity contribution in [2.75, 3.05) is 18.1 Å². The van der Waals surface area contributed by atoms with Crippen LogP contribution in [0, 0.1) is 6.92 Å². The van der Waals surface area contributed by atoms with Crippen LogP contribution in [0.4, 0.5) is 11.4 Å². The molecule has 3 aromatic rings. The van der Waals surface area contributed by atoms with Gasteiger partial charge in [0.1, 0.15) is 17.3 Å². The number of furan rings is 1. The van der Waals surface area contributed by atoms with Crippen molar-refractivity contribution in [3.8, 4) is 17.1 Å². The van der Waals surface area contributed by atoms with Gasteiger partial charge < -0.3 is 20.6 Å². The van der Waals surface area contributed by atoms with Crippen LogP contribution in [0.1, 0.15) is 11.3 Å². The van der Waals surface area contributed by atoms with Gasteiger partial charge in [-0.25, -0.2) is 0 Å². The van der Waals surface area contributed by atoms with Gasteiger partial charge in [0.25, 0.3) is 0 Å². The van der Waals surface area contributed by atoms with Crippen molar-refractivity contribution in [1.82, 2.24) is 0 Å². The maximum absolute atomic E-state index is 5.90. The van der Waals surface area contributed by atoms with Crippen molar-refractivity contribution >= 4 is 11.4 Å². The van der Waals surface area contributed by atoms with Crippen molar-refractivity contribution in [3.63, 3.8) is 0 Å². The van der Waals surface area contributed by atoms with E-state index >= 15 is 0 Å². The van der Waals surface area contributed by atoms with Crippen LogP contribution in [-0.2, 0) is 6.42 Å². The largest absolute Gasteiger partial charge is 0.491 e. The summed E-state index contributed by atoms with van der Waals surface area (Å²) < 4.78 is 11.6. The summed E-state index contributed by atoms with van der Waals surface area (Å²) in [6.07, 6.45) is 0.746. The summed E-state index contributed by atoms with van der Waals surface area (Å²) in [6.45, 7) is 2.49. The normalized spacial score (nSPS) is 10.7. The minimum Gasteiger partial charge on any atom is -0.491 e. The molecule has 0 spiro atoms. The molecule has 1 aromatic heterocycles. The third-order valence-corrected chi connectivity index (χ3v) is 3.81. The van der Waals surface area contributed by atoms with Crippen LogP contribution in [0.5, 0.6) is 5.75 Å². The van der Waals surface area contributed by atoms with Crippen LogP contribution in [0.25, 0.3) is 11.3 Å². The van der Waals surface area contributed by atoms with Gasteiger partial charge in [0.05, 0.1) is 18.0 Å². The molecule has 0 saturated carbocycles. The number of nitrogen functional groups attached to an aromatic ring is 2. The first-order chi connectivity index (χ1) is 11.1. The summed E-state index contributed by atoms with van der Waals surface area (Å²) in [6, 6.07) is 17.5. The molecular weight excluding hydrogens is 288 g/mol. The number of rotatable bonds is 5. The number of ether oxygens (including phenoxy) is 1. The summed E-state index contributed by atoms with van der Waals surface area (Å²) in [5, 5.41) is 0. The van der Waals surface area contributed by atoms with E-state index in [1.54, 1.807) is 6.07 Å². The first-order valence-corrected chi connectivity index (χ1v) is 7.56. The van der Waals surface area contributed by atoms with Gasteiger partial charge in [-0.2, -0.15) is 0 Å². The summed E-state index contributed by atoms with van der Waals surface area (Å²) in [7, 11) is 0. The van der Waals surface area contributed by atoms with Crippen LogP contribution >= 0.6 is 0 Å². The molecule has 0 bridgehead atoms. The van der Waals surface area contributed by atoms with Gasteiger partial charge in [0.2, 0.25) is 0 Å². The lowest BCUT2D eigenvalue weighted by atomic mass is 10.1. The Morgan fingerprint density at radius 3 is 2.57 bits per heavy atom. The Bertz CT molecular complexity index is 794. The molecule has 4 N–H and O–H groups in total. The zero-order valence-electron chi connectivity index (χ0n) is 13.1. The molecule has 0 aliphatic rings. The quantitative estimate of drug-likeness (QED) is 0.698. The molecule has 2 aromatic carbocycles. The molecule has 0 amide bonds. The van der Waals surface area contributed by atoms with E-state index in [9.17, 15) is 0 Å². The van der Waals surface area contributed by atoms with Crippen LogP contribution in [0.2, 0.25) is 0 Å². The highest BCUT2D eigenvalue weighted by Gasteiger charge is 2.10. The van der Waals surface area contributed by atoms with Crippen LogP contribution < -0.4 is 16.2 Å². The predicted molar refractivity (Wildman–Crippen MR) is 93.3 cm³/mol. The number of nitrogens with two attached hydrogens (primary N) is 2. The minimum atomic E-state index is 0.487. The van der Waals surface area contributed by atoms with E-state index in [4.69, 9.17) is 20.6 Å². The molecule has 0 aliphatic carbocycles. The summed E-state index contributed by atoms with van der Waals surface area (Å²) in [4.78, 5) is 0. The van der Waals surface area contributed by atoms with Gasteiger partial charge >= 0.3 is 0 Å². The Morgan fingerprint density at radius 1 is 1.00 bits per heavy atom. The standard InChI is InChI=1S/C19H20N2O2/c1-13-15(12-18(23-13)14-6-3-2-4-7-14)10-11-22-17-9-5-8-16(20)19(17)21/h2-9,12H,10-11,20-21H2,1H3. The Balaban J connectivity index is 1.67. The molecule has 0 saturated heterocycles. The Hall–Kier alpha value is -2.88. The fraction of sp³-hybridized carbons (Fsp3) is 0.158. The maximum atomic E-state index is 5.90. The van der Waals surface area contributed by atoms with Crippen molar-refractivity contribution in [2.24, 2.45) is 0 Å². The van der Waals surface area contributed by atoms with Crippen molar-refractivity contribution in [3.05, 3.63) is 65.9 Å². The molecule has 23 heavy (non-hydrogen) atoms. The zero-order valence-corrected chi connectivity index (χ0v) is 13.1. The van der Waals surface area contributed by atoms with Crippen LogP contribution in [-0.4, -0.2) is 6.61 Å². The second kappa shape index (κ2) is 6.48. The van der Waals surface area contributed by atoms with Gasteiger partial charge in [-0.1, -0.05) is 36.4 Å². The second-order valence-corrected chi connectivity index (χ2v) is 5.42. The monoisotopic (exact) mass is 308 g/mol. The molecule has 4 nitrogen and oxygen atoms in total. The fourth-order valence-corrected chi connectivity index (χ4v) is 2.47. The van der Waals surface area contributed by atoms with E-state index in [2.05, 4.69) is 6.07 Å². The van der Waals surface area contributed by atoms with Gasteiger partial charge in [0, 0.05) is 12.0 Å². The maximum Gasteiger partial charge on any atom is 0.144 e. The molecule has 0 aliphatic heterocycles. The number of aryl methyl sites for hydroxylation is 1. The van der Waals surface area contributed by atoms with Gasteiger partial charge in [-0.15, -0.1) is 0 Å². The fourth-order valence-electron chi connectivity index (χ4n) is 2.47. The summed E-state index contributed by atoms with van der Waals surface area (Å²) in [5.74, 6) is 2.41.